The van der Waals surface area contributed by atoms with Crippen LogP contribution in [-0.4, -0.2) is 4.57 Å². The lowest BCUT2D eigenvalue weighted by atomic mass is 10.1. The van der Waals surface area contributed by atoms with Crippen molar-refractivity contribution < 1.29 is 26.3 Å². The number of hydrogen-bond acceptors (Lipinski definition) is 2. The molecule has 0 aliphatic rings. The van der Waals surface area contributed by atoms with Gasteiger partial charge in [-0.15, -0.1) is 0 Å². The van der Waals surface area contributed by atoms with Gasteiger partial charge in [-0.25, -0.2) is 13.2 Å². The second-order valence-electron chi connectivity index (χ2n) is 5.97. The van der Waals surface area contributed by atoms with E-state index >= 15 is 0 Å². The molecule has 0 fully saturated rings. The molecule has 9 heteroatoms. The largest absolute Gasteiger partial charge is 0.418 e. The molecule has 0 saturated heterocycles. The van der Waals surface area contributed by atoms with Gasteiger partial charge in [-0.3, -0.25) is 4.79 Å². The van der Waals surface area contributed by atoms with Crippen molar-refractivity contribution in [3.05, 3.63) is 87.5 Å². The van der Waals surface area contributed by atoms with Crippen molar-refractivity contribution >= 4 is 5.69 Å². The number of anilines is 1. The number of alkyl halides is 3. The zero-order chi connectivity index (χ0) is 20.6. The van der Waals surface area contributed by atoms with Crippen LogP contribution >= 0.6 is 0 Å². The number of hydrogen-bond donors (Lipinski definition) is 1. The third-order valence-corrected chi connectivity index (χ3v) is 4.13. The average Bonchev–Trinajstić information content (AvgIpc) is 2.63. The van der Waals surface area contributed by atoms with Crippen molar-refractivity contribution in [2.24, 2.45) is 0 Å². The molecular weight excluding hydrogens is 386 g/mol. The van der Waals surface area contributed by atoms with Crippen LogP contribution in [0, 0.1) is 17.5 Å². The summed E-state index contributed by atoms with van der Waals surface area (Å²) < 4.78 is 81.2. The third-order valence-electron chi connectivity index (χ3n) is 4.13. The number of halogens is 6. The standard InChI is InChI=1S/C19H12F6N2O/c20-13-8-15(22)14(21)6-11(13)9-27-16(10-4-2-1-3-5-10)7-12(19(23,24)25)17(26)18(27)28/h1-8H,9,26H2. The van der Waals surface area contributed by atoms with Gasteiger partial charge in [0.05, 0.1) is 17.8 Å². The van der Waals surface area contributed by atoms with Gasteiger partial charge in [0.25, 0.3) is 5.56 Å². The van der Waals surface area contributed by atoms with Crippen LogP contribution in [0.2, 0.25) is 0 Å². The minimum atomic E-state index is -4.89. The van der Waals surface area contributed by atoms with Gasteiger partial charge in [0, 0.05) is 11.6 Å². The Morgan fingerprint density at radius 1 is 0.893 bits per heavy atom. The van der Waals surface area contributed by atoms with E-state index in [9.17, 15) is 31.1 Å². The van der Waals surface area contributed by atoms with Crippen molar-refractivity contribution in [3.8, 4) is 11.3 Å². The lowest BCUT2D eigenvalue weighted by Crippen LogP contribution is -2.29. The first-order valence-corrected chi connectivity index (χ1v) is 7.89. The van der Waals surface area contributed by atoms with Gasteiger partial charge in [-0.05, 0) is 17.7 Å². The highest BCUT2D eigenvalue weighted by Gasteiger charge is 2.35. The molecular formula is C19H12F6N2O. The zero-order valence-corrected chi connectivity index (χ0v) is 14.0. The van der Waals surface area contributed by atoms with Gasteiger partial charge >= 0.3 is 6.18 Å². The van der Waals surface area contributed by atoms with Crippen LogP contribution in [0.4, 0.5) is 32.0 Å². The number of rotatable bonds is 3. The second kappa shape index (κ2) is 7.06. The van der Waals surface area contributed by atoms with Gasteiger partial charge in [-0.1, -0.05) is 30.3 Å². The second-order valence-corrected chi connectivity index (χ2v) is 5.97. The van der Waals surface area contributed by atoms with Gasteiger partial charge in [-0.2, -0.15) is 13.2 Å². The Morgan fingerprint density at radius 3 is 2.11 bits per heavy atom. The lowest BCUT2D eigenvalue weighted by Gasteiger charge is -2.18. The van der Waals surface area contributed by atoms with E-state index in [4.69, 9.17) is 5.73 Å². The molecule has 0 aliphatic carbocycles. The summed E-state index contributed by atoms with van der Waals surface area (Å²) in [5.74, 6) is -3.93. The zero-order valence-electron chi connectivity index (χ0n) is 14.0. The summed E-state index contributed by atoms with van der Waals surface area (Å²) in [4.78, 5) is 12.5. The summed E-state index contributed by atoms with van der Waals surface area (Å²) in [5.41, 5.74) is 1.36. The molecule has 0 atom stereocenters. The number of nitrogen functional groups attached to an aromatic ring is 1. The van der Waals surface area contributed by atoms with Crippen LogP contribution < -0.4 is 11.3 Å². The van der Waals surface area contributed by atoms with Gasteiger partial charge in [0.1, 0.15) is 11.5 Å². The Balaban J connectivity index is 2.27. The molecule has 3 aromatic rings. The predicted octanol–water partition coefficient (Wildman–Crippen LogP) is 4.58. The molecule has 3 nitrogen and oxygen atoms in total. The van der Waals surface area contributed by atoms with Crippen LogP contribution in [0.5, 0.6) is 0 Å². The van der Waals surface area contributed by atoms with Crippen molar-refractivity contribution in [1.82, 2.24) is 4.57 Å². The SMILES string of the molecule is Nc1c(C(F)(F)F)cc(-c2ccccc2)n(Cc2cc(F)c(F)cc2F)c1=O. The van der Waals surface area contributed by atoms with Crippen LogP contribution in [0.15, 0.2) is 53.3 Å². The van der Waals surface area contributed by atoms with Crippen LogP contribution in [0.3, 0.4) is 0 Å². The fourth-order valence-electron chi connectivity index (χ4n) is 2.76. The first-order valence-electron chi connectivity index (χ1n) is 7.89. The topological polar surface area (TPSA) is 48.0 Å². The summed E-state index contributed by atoms with van der Waals surface area (Å²) in [7, 11) is 0. The molecule has 0 spiro atoms. The van der Waals surface area contributed by atoms with Crippen LogP contribution in [0.25, 0.3) is 11.3 Å². The fourth-order valence-corrected chi connectivity index (χ4v) is 2.76. The highest BCUT2D eigenvalue weighted by Crippen LogP contribution is 2.35. The van der Waals surface area contributed by atoms with Gasteiger partial charge < -0.3 is 10.3 Å². The Morgan fingerprint density at radius 2 is 1.50 bits per heavy atom. The van der Waals surface area contributed by atoms with E-state index in [1.165, 1.54) is 24.3 Å². The highest BCUT2D eigenvalue weighted by atomic mass is 19.4. The Hall–Kier alpha value is -3.23. The van der Waals surface area contributed by atoms with Crippen molar-refractivity contribution in [2.45, 2.75) is 12.7 Å². The molecule has 0 aliphatic heterocycles. The summed E-state index contributed by atoms with van der Waals surface area (Å²) in [5, 5.41) is 0. The van der Waals surface area contributed by atoms with E-state index in [0.29, 0.717) is 18.2 Å². The molecule has 0 radical (unpaired) electrons. The average molecular weight is 398 g/mol. The predicted molar refractivity (Wildman–Crippen MR) is 91.0 cm³/mol. The molecule has 1 heterocycles. The molecule has 146 valence electrons. The lowest BCUT2D eigenvalue weighted by molar-refractivity contribution is -0.137. The quantitative estimate of drug-likeness (QED) is 0.519. The van der Waals surface area contributed by atoms with Crippen molar-refractivity contribution in [3.63, 3.8) is 0 Å². The van der Waals surface area contributed by atoms with Gasteiger partial charge in [0.15, 0.2) is 11.6 Å². The Kier molecular flexibility index (Phi) is 4.93. The first-order chi connectivity index (χ1) is 13.1. The summed E-state index contributed by atoms with van der Waals surface area (Å²) >= 11 is 0. The Bertz CT molecular complexity index is 1090. The number of pyridine rings is 1. The summed E-state index contributed by atoms with van der Waals surface area (Å²) in [6.07, 6.45) is -4.89. The van der Waals surface area contributed by atoms with E-state index in [1.807, 2.05) is 0 Å². The summed E-state index contributed by atoms with van der Waals surface area (Å²) in [6.45, 7) is -0.644. The van der Waals surface area contributed by atoms with Crippen LogP contribution in [-0.2, 0) is 12.7 Å². The molecule has 2 N–H and O–H groups in total. The van der Waals surface area contributed by atoms with E-state index in [0.717, 1.165) is 4.57 Å². The van der Waals surface area contributed by atoms with Crippen LogP contribution in [0.1, 0.15) is 11.1 Å². The first kappa shape index (κ1) is 19.5. The normalized spacial score (nSPS) is 11.6. The minimum absolute atomic E-state index is 0.198. The molecule has 0 saturated carbocycles. The van der Waals surface area contributed by atoms with E-state index < -0.39 is 52.5 Å². The molecule has 2 aromatic carbocycles. The van der Waals surface area contributed by atoms with E-state index in [-0.39, 0.29) is 11.3 Å². The monoisotopic (exact) mass is 398 g/mol. The fraction of sp³-hybridized carbons (Fsp3) is 0.105. The molecule has 1 aromatic heterocycles. The number of nitrogens with two attached hydrogens (primary N) is 1. The van der Waals surface area contributed by atoms with Crippen molar-refractivity contribution in [2.75, 3.05) is 5.73 Å². The molecule has 0 amide bonds. The number of aromatic nitrogens is 1. The highest BCUT2D eigenvalue weighted by molar-refractivity contribution is 5.64. The van der Waals surface area contributed by atoms with Gasteiger partial charge in [0.2, 0.25) is 0 Å². The number of nitrogens with zero attached hydrogens (tertiary/aromatic N) is 1. The van der Waals surface area contributed by atoms with E-state index in [2.05, 4.69) is 0 Å². The molecule has 28 heavy (non-hydrogen) atoms. The Labute approximate surface area is 154 Å². The minimum Gasteiger partial charge on any atom is -0.394 e. The summed E-state index contributed by atoms with van der Waals surface area (Å²) in [6, 6.07) is 9.09. The molecule has 3 rings (SSSR count). The number of benzene rings is 2. The third kappa shape index (κ3) is 3.60. The maximum atomic E-state index is 14.0. The smallest absolute Gasteiger partial charge is 0.394 e. The van der Waals surface area contributed by atoms with E-state index in [1.54, 1.807) is 6.07 Å². The maximum Gasteiger partial charge on any atom is 0.418 e. The maximum absolute atomic E-state index is 14.0. The van der Waals surface area contributed by atoms with Crippen molar-refractivity contribution in [1.29, 1.82) is 0 Å². The molecule has 0 unspecified atom stereocenters. The molecule has 0 bridgehead atoms.